The number of amides is 1. The van der Waals surface area contributed by atoms with Crippen molar-refractivity contribution in [3.05, 3.63) is 18.0 Å². The lowest BCUT2D eigenvalue weighted by molar-refractivity contribution is -0.121. The largest absolute Gasteiger partial charge is 0.356 e. The molecule has 0 spiro atoms. The Morgan fingerprint density at radius 1 is 1.40 bits per heavy atom. The number of hydrogen-bond acceptors (Lipinski definition) is 3. The fourth-order valence-electron chi connectivity index (χ4n) is 3.00. The number of carbonyl (C=O) groups is 1. The molecule has 2 heterocycles. The van der Waals surface area contributed by atoms with Gasteiger partial charge >= 0.3 is 0 Å². The molecule has 3 rings (SSSR count). The molecule has 1 aliphatic carbocycles. The van der Waals surface area contributed by atoms with Crippen LogP contribution in [0, 0.1) is 11.8 Å². The van der Waals surface area contributed by atoms with E-state index in [2.05, 4.69) is 33.1 Å². The predicted molar refractivity (Wildman–Crippen MR) is 77.0 cm³/mol. The number of nitrogens with zero attached hydrogens (tertiary/aromatic N) is 3. The van der Waals surface area contributed by atoms with Crippen molar-refractivity contribution in [3.63, 3.8) is 0 Å². The van der Waals surface area contributed by atoms with Gasteiger partial charge in [-0.25, -0.2) is 0 Å². The molecule has 110 valence electrons. The van der Waals surface area contributed by atoms with Crippen LogP contribution in [-0.2, 0) is 17.9 Å². The first-order valence-corrected chi connectivity index (χ1v) is 7.66. The Hall–Kier alpha value is -1.36. The normalized spacial score (nSPS) is 23.1. The van der Waals surface area contributed by atoms with Crippen LogP contribution in [0.5, 0.6) is 0 Å². The van der Waals surface area contributed by atoms with Crippen molar-refractivity contribution in [2.45, 2.75) is 38.8 Å². The van der Waals surface area contributed by atoms with Crippen LogP contribution in [0.1, 0.15) is 31.4 Å². The molecule has 1 atom stereocenters. The molecule has 2 aliphatic rings. The zero-order valence-corrected chi connectivity index (χ0v) is 12.2. The zero-order chi connectivity index (χ0) is 13.9. The summed E-state index contributed by atoms with van der Waals surface area (Å²) in [5.74, 6) is 1.46. The Morgan fingerprint density at radius 2 is 2.25 bits per heavy atom. The first kappa shape index (κ1) is 13.6. The van der Waals surface area contributed by atoms with Crippen molar-refractivity contribution >= 4 is 5.91 Å². The molecule has 1 N–H and O–H groups in total. The van der Waals surface area contributed by atoms with Crippen LogP contribution in [0.3, 0.4) is 0 Å². The molecule has 1 unspecified atom stereocenters. The first-order valence-electron chi connectivity index (χ1n) is 7.66. The quantitative estimate of drug-likeness (QED) is 0.880. The van der Waals surface area contributed by atoms with Crippen molar-refractivity contribution in [1.82, 2.24) is 20.0 Å². The lowest BCUT2D eigenvalue weighted by Crippen LogP contribution is -2.30. The molecule has 1 saturated carbocycles. The van der Waals surface area contributed by atoms with E-state index in [0.29, 0.717) is 11.8 Å². The van der Waals surface area contributed by atoms with Gasteiger partial charge in [-0.3, -0.25) is 9.48 Å². The molecule has 0 radical (unpaired) electrons. The average molecular weight is 276 g/mol. The monoisotopic (exact) mass is 276 g/mol. The number of rotatable bonds is 5. The van der Waals surface area contributed by atoms with Crippen LogP contribution in [0.25, 0.3) is 0 Å². The second-order valence-corrected chi connectivity index (χ2v) is 6.35. The van der Waals surface area contributed by atoms with Crippen molar-refractivity contribution in [2.75, 3.05) is 20.1 Å². The molecule has 1 fully saturated rings. The molecule has 1 aromatic rings. The second-order valence-electron chi connectivity index (χ2n) is 6.35. The maximum absolute atomic E-state index is 11.7. The summed E-state index contributed by atoms with van der Waals surface area (Å²) in [4.78, 5) is 14.0. The second kappa shape index (κ2) is 5.95. The third kappa shape index (κ3) is 3.60. The lowest BCUT2D eigenvalue weighted by atomic mass is 10.1. The Bertz CT molecular complexity index is 466. The Labute approximate surface area is 120 Å². The Morgan fingerprint density at radius 3 is 3.05 bits per heavy atom. The van der Waals surface area contributed by atoms with Crippen LogP contribution in [0.2, 0.25) is 0 Å². The summed E-state index contributed by atoms with van der Waals surface area (Å²) in [6, 6.07) is 2.09. The number of aromatic nitrogens is 2. The summed E-state index contributed by atoms with van der Waals surface area (Å²) in [6.07, 6.45) is 6.11. The lowest BCUT2D eigenvalue weighted by Gasteiger charge is -2.19. The molecule has 20 heavy (non-hydrogen) atoms. The van der Waals surface area contributed by atoms with E-state index in [1.165, 1.54) is 18.5 Å². The van der Waals surface area contributed by atoms with Crippen LogP contribution < -0.4 is 5.32 Å². The molecule has 1 amide bonds. The number of nitrogens with one attached hydrogen (secondary N) is 1. The maximum Gasteiger partial charge on any atom is 0.220 e. The van der Waals surface area contributed by atoms with E-state index in [1.54, 1.807) is 0 Å². The van der Waals surface area contributed by atoms with Gasteiger partial charge in [0.1, 0.15) is 0 Å². The minimum atomic E-state index is 0.231. The fraction of sp³-hybridized carbons (Fsp3) is 0.733. The third-order valence-electron chi connectivity index (χ3n) is 4.28. The smallest absolute Gasteiger partial charge is 0.220 e. The summed E-state index contributed by atoms with van der Waals surface area (Å²) < 4.78 is 2.11. The van der Waals surface area contributed by atoms with Gasteiger partial charge in [-0.05, 0) is 44.2 Å². The van der Waals surface area contributed by atoms with E-state index in [-0.39, 0.29) is 5.91 Å². The van der Waals surface area contributed by atoms with Crippen LogP contribution >= 0.6 is 0 Å². The van der Waals surface area contributed by atoms with E-state index in [4.69, 9.17) is 0 Å². The van der Waals surface area contributed by atoms with E-state index < -0.39 is 0 Å². The van der Waals surface area contributed by atoms with E-state index in [9.17, 15) is 4.79 Å². The van der Waals surface area contributed by atoms with Crippen LogP contribution in [-0.4, -0.2) is 40.7 Å². The highest BCUT2D eigenvalue weighted by Crippen LogP contribution is 2.32. The Kier molecular flexibility index (Phi) is 4.05. The van der Waals surface area contributed by atoms with Gasteiger partial charge in [0.2, 0.25) is 5.91 Å². The summed E-state index contributed by atoms with van der Waals surface area (Å²) in [6.45, 7) is 3.79. The first-order chi connectivity index (χ1) is 9.70. The molecule has 1 aliphatic heterocycles. The standard InChI is InChI=1S/C15H24N4O/c1-18-9-13(10-19-14(11-18)5-7-17-19)4-6-16-15(20)8-12-2-3-12/h5,7,12-13H,2-4,6,8-11H2,1H3,(H,16,20). The summed E-state index contributed by atoms with van der Waals surface area (Å²) >= 11 is 0. The van der Waals surface area contributed by atoms with Crippen molar-refractivity contribution < 1.29 is 4.79 Å². The van der Waals surface area contributed by atoms with Gasteiger partial charge in [-0.1, -0.05) is 0 Å². The van der Waals surface area contributed by atoms with Crippen molar-refractivity contribution in [3.8, 4) is 0 Å². The Balaban J connectivity index is 1.46. The van der Waals surface area contributed by atoms with Gasteiger partial charge in [0, 0.05) is 38.8 Å². The molecule has 1 aromatic heterocycles. The molecular formula is C15H24N4O. The highest BCUT2D eigenvalue weighted by Gasteiger charge is 2.24. The summed E-state index contributed by atoms with van der Waals surface area (Å²) in [5.41, 5.74) is 1.28. The highest BCUT2D eigenvalue weighted by molar-refractivity contribution is 5.76. The molecular weight excluding hydrogens is 252 g/mol. The number of carbonyl (C=O) groups excluding carboxylic acids is 1. The maximum atomic E-state index is 11.7. The molecule has 5 nitrogen and oxygen atoms in total. The molecule has 0 bridgehead atoms. The molecule has 0 aromatic carbocycles. The minimum absolute atomic E-state index is 0.231. The summed E-state index contributed by atoms with van der Waals surface area (Å²) in [5, 5.41) is 7.46. The predicted octanol–water partition coefficient (Wildman–Crippen LogP) is 1.25. The van der Waals surface area contributed by atoms with Gasteiger partial charge in [0.05, 0.1) is 5.69 Å². The average Bonchev–Trinajstić information content (AvgIpc) is 3.13. The van der Waals surface area contributed by atoms with Gasteiger partial charge in [0.15, 0.2) is 0 Å². The van der Waals surface area contributed by atoms with Crippen LogP contribution in [0.15, 0.2) is 12.3 Å². The fourth-order valence-corrected chi connectivity index (χ4v) is 3.00. The van der Waals surface area contributed by atoms with Crippen molar-refractivity contribution in [2.24, 2.45) is 11.8 Å². The number of fused-ring (bicyclic) bond motifs is 1. The topological polar surface area (TPSA) is 50.2 Å². The highest BCUT2D eigenvalue weighted by atomic mass is 16.1. The van der Waals surface area contributed by atoms with Crippen LogP contribution in [0.4, 0.5) is 0 Å². The van der Waals surface area contributed by atoms with Gasteiger partial charge in [0.25, 0.3) is 0 Å². The summed E-state index contributed by atoms with van der Waals surface area (Å²) in [7, 11) is 2.15. The minimum Gasteiger partial charge on any atom is -0.356 e. The van der Waals surface area contributed by atoms with E-state index in [1.807, 2.05) is 6.20 Å². The zero-order valence-electron chi connectivity index (χ0n) is 12.2. The van der Waals surface area contributed by atoms with Crippen molar-refractivity contribution in [1.29, 1.82) is 0 Å². The molecule has 0 saturated heterocycles. The van der Waals surface area contributed by atoms with Gasteiger partial charge < -0.3 is 10.2 Å². The molecule has 5 heteroatoms. The van der Waals surface area contributed by atoms with E-state index >= 15 is 0 Å². The third-order valence-corrected chi connectivity index (χ3v) is 4.28. The van der Waals surface area contributed by atoms with E-state index in [0.717, 1.165) is 39.0 Å². The number of hydrogen-bond donors (Lipinski definition) is 1. The van der Waals surface area contributed by atoms with Gasteiger partial charge in [-0.15, -0.1) is 0 Å². The van der Waals surface area contributed by atoms with Gasteiger partial charge in [-0.2, -0.15) is 5.10 Å². The SMILES string of the molecule is CN1Cc2ccnn2CC(CCNC(=O)CC2CC2)C1.